The Hall–Kier alpha value is -5.88. The monoisotopic (exact) mass is 969 g/mol. The van der Waals surface area contributed by atoms with E-state index in [0.717, 1.165) is 26.9 Å². The topological polar surface area (TPSA) is 213 Å². The van der Waals surface area contributed by atoms with Gasteiger partial charge >= 0.3 is 11.9 Å². The van der Waals surface area contributed by atoms with Crippen molar-refractivity contribution in [2.75, 3.05) is 21.1 Å². The molecule has 0 saturated heterocycles. The number of amides is 3. The number of para-hydroxylation sites is 1. The van der Waals surface area contributed by atoms with Crippen LogP contribution in [0.1, 0.15) is 125 Å². The minimum atomic E-state index is -1.58. The van der Waals surface area contributed by atoms with E-state index in [1.807, 2.05) is 122 Å². The van der Waals surface area contributed by atoms with Gasteiger partial charge in [0.2, 0.25) is 17.7 Å². The van der Waals surface area contributed by atoms with E-state index in [-0.39, 0.29) is 73.9 Å². The van der Waals surface area contributed by atoms with E-state index in [0.29, 0.717) is 25.8 Å². The van der Waals surface area contributed by atoms with Crippen LogP contribution in [0.15, 0.2) is 60.8 Å². The van der Waals surface area contributed by atoms with Gasteiger partial charge in [-0.1, -0.05) is 104 Å². The second kappa shape index (κ2) is 27.5. The van der Waals surface area contributed by atoms with Crippen LogP contribution in [0.25, 0.3) is 10.9 Å². The highest BCUT2D eigenvalue weighted by molar-refractivity contribution is 5.97. The SMILES string of the molecule is CC(C)C[C@H](CC(=O)[C@H](Cc1cn(Cc2ccccc2)c2ccccc12)N(C)C(=O)[C@@H](CC(=O)[C@H](CC(C)C)N(C)C(=O)[C@@H](N)CC(C)C)CC(C)C)C(=O)N(C)[C@@H](C)C(=O)O[C@H](CCC#N)C(=O)O. The number of esters is 1. The Balaban J connectivity index is 2.11. The van der Waals surface area contributed by atoms with Gasteiger partial charge in [0, 0.05) is 88.7 Å². The van der Waals surface area contributed by atoms with Gasteiger partial charge in [-0.2, -0.15) is 5.26 Å². The number of carboxylic acids is 1. The molecule has 384 valence electrons. The number of Topliss-reactive ketones (excluding diaryl/α,β-unsaturated/α-hetero) is 2. The number of carboxylic acid groups (broad SMARTS) is 1. The highest BCUT2D eigenvalue weighted by Crippen LogP contribution is 2.30. The van der Waals surface area contributed by atoms with Gasteiger partial charge in [0.15, 0.2) is 17.7 Å². The zero-order chi connectivity index (χ0) is 52.6. The molecular formula is C55H80N6O9. The molecule has 3 amide bonds. The molecule has 7 atom stereocenters. The number of nitrogens with zero attached hydrogens (tertiary/aromatic N) is 5. The maximum absolute atomic E-state index is 15.2. The summed E-state index contributed by atoms with van der Waals surface area (Å²) in [5.74, 6) is -5.98. The van der Waals surface area contributed by atoms with E-state index in [4.69, 9.17) is 15.7 Å². The molecule has 1 aromatic heterocycles. The molecule has 70 heavy (non-hydrogen) atoms. The average Bonchev–Trinajstić information content (AvgIpc) is 3.64. The van der Waals surface area contributed by atoms with Crippen molar-refractivity contribution < 1.29 is 43.4 Å². The number of rotatable bonds is 29. The predicted octanol–water partition coefficient (Wildman–Crippen LogP) is 7.70. The molecule has 2 aromatic carbocycles. The van der Waals surface area contributed by atoms with Crippen LogP contribution in [0.2, 0.25) is 0 Å². The molecule has 0 bridgehead atoms. The van der Waals surface area contributed by atoms with E-state index in [9.17, 15) is 29.1 Å². The summed E-state index contributed by atoms with van der Waals surface area (Å²) >= 11 is 0. The first-order valence-corrected chi connectivity index (χ1v) is 24.9. The van der Waals surface area contributed by atoms with Crippen LogP contribution in [0, 0.1) is 46.8 Å². The molecule has 0 unspecified atom stereocenters. The molecule has 15 nitrogen and oxygen atoms in total. The quantitative estimate of drug-likeness (QED) is 0.0644. The summed E-state index contributed by atoms with van der Waals surface area (Å²) in [5.41, 5.74) is 9.14. The highest BCUT2D eigenvalue weighted by atomic mass is 16.6. The molecule has 0 radical (unpaired) electrons. The minimum absolute atomic E-state index is 0.0166. The van der Waals surface area contributed by atoms with Crippen molar-refractivity contribution >= 4 is 52.1 Å². The van der Waals surface area contributed by atoms with Crippen LogP contribution in [-0.4, -0.2) is 117 Å². The number of carbonyl (C=O) groups is 7. The van der Waals surface area contributed by atoms with Gasteiger partial charge < -0.3 is 34.8 Å². The third-order valence-electron chi connectivity index (χ3n) is 13.0. The summed E-state index contributed by atoms with van der Waals surface area (Å²) in [6.07, 6.45) is 1.09. The molecule has 0 aliphatic carbocycles. The van der Waals surface area contributed by atoms with Crippen molar-refractivity contribution in [1.29, 1.82) is 5.26 Å². The third kappa shape index (κ3) is 16.9. The first kappa shape index (κ1) is 58.4. The molecule has 0 spiro atoms. The van der Waals surface area contributed by atoms with E-state index in [1.165, 1.54) is 23.8 Å². The van der Waals surface area contributed by atoms with Crippen LogP contribution in [0.3, 0.4) is 0 Å². The molecule has 0 fully saturated rings. The van der Waals surface area contributed by atoms with Gasteiger partial charge in [0.05, 0.1) is 24.2 Å². The van der Waals surface area contributed by atoms with Gasteiger partial charge in [-0.05, 0) is 73.5 Å². The molecule has 0 aliphatic heterocycles. The summed E-state index contributed by atoms with van der Waals surface area (Å²) < 4.78 is 7.35. The van der Waals surface area contributed by atoms with Crippen molar-refractivity contribution in [2.24, 2.45) is 41.2 Å². The number of likely N-dealkylation sites (N-methyl/N-ethyl adjacent to an activating group) is 3. The van der Waals surface area contributed by atoms with Crippen LogP contribution in [0.5, 0.6) is 0 Å². The van der Waals surface area contributed by atoms with Crippen molar-refractivity contribution in [3.8, 4) is 6.07 Å². The van der Waals surface area contributed by atoms with Crippen molar-refractivity contribution in [2.45, 2.75) is 157 Å². The predicted molar refractivity (Wildman–Crippen MR) is 271 cm³/mol. The summed E-state index contributed by atoms with van der Waals surface area (Å²) in [6.45, 7) is 17.6. The second-order valence-electron chi connectivity index (χ2n) is 20.9. The van der Waals surface area contributed by atoms with E-state index in [2.05, 4.69) is 4.57 Å². The number of ether oxygens (including phenoxy) is 1. The number of aliphatic carboxylic acids is 1. The smallest absolute Gasteiger partial charge is 0.345 e. The Kier molecular flexibility index (Phi) is 23.0. The lowest BCUT2D eigenvalue weighted by atomic mass is 9.85. The number of carbonyl (C=O) groups excluding carboxylic acids is 6. The second-order valence-corrected chi connectivity index (χ2v) is 20.9. The Morgan fingerprint density at radius 2 is 1.17 bits per heavy atom. The number of nitriles is 1. The standard InChI is InChI=1S/C55H80N6O9/c1-34(2)25-40(51(64)58(10)38(9)55(69)70-50(54(67)68)23-18-24-56)30-49(63)47(29-42-33-61(32-39-19-14-13-15-20-39)45-22-17-16-21-43(42)45)59(11)52(65)41(26-35(3)4)31-48(62)46(28-37(7)8)60(12)53(66)44(57)27-36(5)6/h13-17,19-22,33-38,40-41,44,46-47,50H,18,23,25-32,57H2,1-12H3,(H,67,68)/t38-,40+,41+,44-,46-,47-,50+/m0/s1. The number of benzene rings is 2. The molecule has 1 heterocycles. The van der Waals surface area contributed by atoms with Crippen molar-refractivity contribution in [1.82, 2.24) is 19.3 Å². The van der Waals surface area contributed by atoms with Gasteiger partial charge in [-0.3, -0.25) is 24.0 Å². The summed E-state index contributed by atoms with van der Waals surface area (Å²) in [7, 11) is 4.57. The maximum atomic E-state index is 15.2. The Morgan fingerprint density at radius 1 is 0.671 bits per heavy atom. The van der Waals surface area contributed by atoms with Gasteiger partial charge in [-0.15, -0.1) is 0 Å². The van der Waals surface area contributed by atoms with Crippen LogP contribution >= 0.6 is 0 Å². The van der Waals surface area contributed by atoms with Gasteiger partial charge in [0.1, 0.15) is 6.04 Å². The summed E-state index contributed by atoms with van der Waals surface area (Å²) in [6, 6.07) is 15.7. The van der Waals surface area contributed by atoms with Gasteiger partial charge in [0.25, 0.3) is 0 Å². The molecule has 0 saturated carbocycles. The van der Waals surface area contributed by atoms with Crippen LogP contribution in [-0.2, 0) is 51.3 Å². The fourth-order valence-corrected chi connectivity index (χ4v) is 9.23. The average molecular weight is 969 g/mol. The third-order valence-corrected chi connectivity index (χ3v) is 13.0. The first-order valence-electron chi connectivity index (χ1n) is 24.9. The Bertz CT molecular complexity index is 2280. The fourth-order valence-electron chi connectivity index (χ4n) is 9.23. The van der Waals surface area contributed by atoms with E-state index >= 15 is 9.59 Å². The van der Waals surface area contributed by atoms with Crippen molar-refractivity contribution in [3.63, 3.8) is 0 Å². The zero-order valence-corrected chi connectivity index (χ0v) is 43.7. The normalized spacial score (nSPS) is 14.6. The number of hydrogen-bond donors (Lipinski definition) is 2. The van der Waals surface area contributed by atoms with Crippen LogP contribution < -0.4 is 5.73 Å². The molecule has 3 N–H and O–H groups in total. The number of nitrogens with two attached hydrogens (primary N) is 1. The van der Waals surface area contributed by atoms with Crippen molar-refractivity contribution in [3.05, 3.63) is 71.9 Å². The molecule has 3 rings (SSSR count). The lowest BCUT2D eigenvalue weighted by molar-refractivity contribution is -0.169. The number of ketones is 2. The zero-order valence-electron chi connectivity index (χ0n) is 43.7. The Morgan fingerprint density at radius 3 is 1.70 bits per heavy atom. The maximum Gasteiger partial charge on any atom is 0.345 e. The number of fused-ring (bicyclic) bond motifs is 1. The number of hydrogen-bond acceptors (Lipinski definition) is 10. The summed E-state index contributed by atoms with van der Waals surface area (Å²) in [4.78, 5) is 102. The molecule has 0 aliphatic rings. The number of aromatic nitrogens is 1. The fraction of sp³-hybridized carbons (Fsp3) is 0.600. The minimum Gasteiger partial charge on any atom is -0.479 e. The lowest BCUT2D eigenvalue weighted by Gasteiger charge is -2.34. The molecule has 15 heteroatoms. The Labute approximate surface area is 416 Å². The van der Waals surface area contributed by atoms with Gasteiger partial charge in [-0.25, -0.2) is 9.59 Å². The molecular weight excluding hydrogens is 889 g/mol. The van der Waals surface area contributed by atoms with E-state index in [1.54, 1.807) is 14.1 Å². The lowest BCUT2D eigenvalue weighted by Crippen LogP contribution is -2.51. The molecule has 3 aromatic rings. The van der Waals surface area contributed by atoms with E-state index < -0.39 is 71.6 Å². The first-order chi connectivity index (χ1) is 32.9. The van der Waals surface area contributed by atoms with Crippen LogP contribution in [0.4, 0.5) is 0 Å². The highest BCUT2D eigenvalue weighted by Gasteiger charge is 2.39. The largest absolute Gasteiger partial charge is 0.479 e. The summed E-state index contributed by atoms with van der Waals surface area (Å²) in [5, 5.41) is 19.5.